The Labute approximate surface area is 141 Å². The summed E-state index contributed by atoms with van der Waals surface area (Å²) in [6.07, 6.45) is 2.39. The minimum absolute atomic E-state index is 0.0355. The second-order valence-electron chi connectivity index (χ2n) is 6.72. The molecule has 2 amide bonds. The van der Waals surface area contributed by atoms with Crippen molar-refractivity contribution < 1.29 is 19.5 Å². The van der Waals surface area contributed by atoms with Crippen LogP contribution in [0.2, 0.25) is 0 Å². The summed E-state index contributed by atoms with van der Waals surface area (Å²) in [5.41, 5.74) is 2.40. The number of carboxylic acid groups (broad SMARTS) is 1. The van der Waals surface area contributed by atoms with E-state index in [1.807, 2.05) is 19.1 Å². The van der Waals surface area contributed by atoms with Gasteiger partial charge in [0.15, 0.2) is 0 Å². The van der Waals surface area contributed by atoms with Gasteiger partial charge in [-0.3, -0.25) is 14.4 Å². The van der Waals surface area contributed by atoms with Crippen molar-refractivity contribution in [3.63, 3.8) is 0 Å². The van der Waals surface area contributed by atoms with E-state index in [0.717, 1.165) is 11.3 Å². The molecular weight excluding hydrogens is 308 g/mol. The molecule has 0 bridgehead atoms. The predicted molar refractivity (Wildman–Crippen MR) is 89.0 cm³/mol. The number of rotatable bonds is 2. The number of anilines is 1. The number of aliphatic carboxylic acids is 1. The molecule has 2 atom stereocenters. The number of hydrogen-bond donors (Lipinski definition) is 1. The van der Waals surface area contributed by atoms with Crippen LogP contribution in [0.15, 0.2) is 18.2 Å². The van der Waals surface area contributed by atoms with Gasteiger partial charge < -0.3 is 14.9 Å². The van der Waals surface area contributed by atoms with Gasteiger partial charge in [-0.15, -0.1) is 0 Å². The zero-order chi connectivity index (χ0) is 17.4. The Hall–Kier alpha value is -2.37. The van der Waals surface area contributed by atoms with Gasteiger partial charge in [-0.05, 0) is 49.9 Å². The third kappa shape index (κ3) is 2.88. The maximum Gasteiger partial charge on any atom is 0.308 e. The lowest BCUT2D eigenvalue weighted by Gasteiger charge is -2.36. The zero-order valence-electron chi connectivity index (χ0n) is 14.0. The van der Waals surface area contributed by atoms with Crippen LogP contribution in [0, 0.1) is 5.92 Å². The second kappa shape index (κ2) is 6.26. The molecule has 1 N–H and O–H groups in total. The minimum Gasteiger partial charge on any atom is -0.481 e. The predicted octanol–water partition coefficient (Wildman–Crippen LogP) is 1.92. The Balaban J connectivity index is 1.85. The smallest absolute Gasteiger partial charge is 0.308 e. The van der Waals surface area contributed by atoms with Crippen LogP contribution in [-0.2, 0) is 16.0 Å². The first-order valence-corrected chi connectivity index (χ1v) is 8.31. The molecule has 3 rings (SSSR count). The number of carbonyl (C=O) groups excluding carboxylic acids is 2. The molecule has 0 saturated carbocycles. The molecule has 0 radical (unpaired) electrons. The fourth-order valence-corrected chi connectivity index (χ4v) is 3.55. The summed E-state index contributed by atoms with van der Waals surface area (Å²) in [5.74, 6) is -1.39. The van der Waals surface area contributed by atoms with Gasteiger partial charge in [0.1, 0.15) is 0 Å². The summed E-state index contributed by atoms with van der Waals surface area (Å²) in [7, 11) is 1.74. The Morgan fingerprint density at radius 3 is 2.67 bits per heavy atom. The van der Waals surface area contributed by atoms with Crippen molar-refractivity contribution in [1.29, 1.82) is 0 Å². The van der Waals surface area contributed by atoms with E-state index in [1.165, 1.54) is 0 Å². The van der Waals surface area contributed by atoms with Gasteiger partial charge in [0.25, 0.3) is 5.91 Å². The summed E-state index contributed by atoms with van der Waals surface area (Å²) in [4.78, 5) is 39.2. The Bertz CT molecular complexity index is 700. The van der Waals surface area contributed by atoms with Crippen molar-refractivity contribution in [2.75, 3.05) is 18.5 Å². The quantitative estimate of drug-likeness (QED) is 0.899. The van der Waals surface area contributed by atoms with E-state index in [9.17, 15) is 19.5 Å². The van der Waals surface area contributed by atoms with Crippen LogP contribution in [0.25, 0.3) is 0 Å². The van der Waals surface area contributed by atoms with E-state index in [4.69, 9.17) is 0 Å². The maximum absolute atomic E-state index is 12.9. The molecule has 128 valence electrons. The third-order valence-electron chi connectivity index (χ3n) is 5.16. The number of carbonyl (C=O) groups is 3. The van der Waals surface area contributed by atoms with Crippen molar-refractivity contribution in [2.24, 2.45) is 5.92 Å². The lowest BCUT2D eigenvalue weighted by molar-refractivity contribution is -0.143. The van der Waals surface area contributed by atoms with E-state index >= 15 is 0 Å². The van der Waals surface area contributed by atoms with Gasteiger partial charge in [-0.1, -0.05) is 0 Å². The Morgan fingerprint density at radius 2 is 1.96 bits per heavy atom. The number of piperidine rings is 1. The van der Waals surface area contributed by atoms with Crippen LogP contribution in [0.5, 0.6) is 0 Å². The molecule has 2 aliphatic heterocycles. The van der Waals surface area contributed by atoms with Crippen LogP contribution in [0.3, 0.4) is 0 Å². The van der Waals surface area contributed by atoms with Gasteiger partial charge in [0, 0.05) is 37.3 Å². The van der Waals surface area contributed by atoms with Crippen LogP contribution in [0.4, 0.5) is 5.69 Å². The van der Waals surface area contributed by atoms with Crippen molar-refractivity contribution in [3.05, 3.63) is 29.3 Å². The highest BCUT2D eigenvalue weighted by molar-refractivity contribution is 5.99. The Morgan fingerprint density at radius 1 is 1.21 bits per heavy atom. The highest BCUT2D eigenvalue weighted by Crippen LogP contribution is 2.29. The normalized spacial score (nSPS) is 23.8. The van der Waals surface area contributed by atoms with Crippen molar-refractivity contribution in [2.45, 2.75) is 38.6 Å². The van der Waals surface area contributed by atoms with E-state index in [-0.39, 0.29) is 24.4 Å². The van der Waals surface area contributed by atoms with E-state index in [2.05, 4.69) is 0 Å². The molecule has 1 aromatic carbocycles. The first-order chi connectivity index (χ1) is 11.4. The zero-order valence-corrected chi connectivity index (χ0v) is 14.0. The molecule has 2 unspecified atom stereocenters. The molecule has 2 heterocycles. The number of nitrogens with zero attached hydrogens (tertiary/aromatic N) is 2. The van der Waals surface area contributed by atoms with Gasteiger partial charge >= 0.3 is 5.97 Å². The van der Waals surface area contributed by atoms with Gasteiger partial charge in [-0.25, -0.2) is 0 Å². The molecule has 6 heteroatoms. The number of hydrogen-bond acceptors (Lipinski definition) is 3. The highest BCUT2D eigenvalue weighted by atomic mass is 16.4. The molecule has 1 fully saturated rings. The van der Waals surface area contributed by atoms with Crippen LogP contribution in [0.1, 0.15) is 42.1 Å². The van der Waals surface area contributed by atoms with Crippen LogP contribution < -0.4 is 4.90 Å². The van der Waals surface area contributed by atoms with Crippen molar-refractivity contribution in [3.8, 4) is 0 Å². The van der Waals surface area contributed by atoms with Crippen molar-refractivity contribution >= 4 is 23.5 Å². The lowest BCUT2D eigenvalue weighted by Crippen LogP contribution is -2.47. The fraction of sp³-hybridized carbons (Fsp3) is 0.500. The van der Waals surface area contributed by atoms with Gasteiger partial charge in [0.05, 0.1) is 5.92 Å². The fourth-order valence-electron chi connectivity index (χ4n) is 3.55. The average Bonchev–Trinajstić information content (AvgIpc) is 2.57. The molecule has 1 aromatic rings. The molecule has 1 saturated heterocycles. The number of carboxylic acids is 1. The molecule has 24 heavy (non-hydrogen) atoms. The molecular formula is C18H22N2O4. The lowest BCUT2D eigenvalue weighted by atomic mass is 9.92. The molecule has 6 nitrogen and oxygen atoms in total. The average molecular weight is 330 g/mol. The molecule has 0 aromatic heterocycles. The number of amides is 2. The van der Waals surface area contributed by atoms with Gasteiger partial charge in [0.2, 0.25) is 5.91 Å². The molecule has 2 aliphatic rings. The Kier molecular flexibility index (Phi) is 4.30. The monoisotopic (exact) mass is 330 g/mol. The summed E-state index contributed by atoms with van der Waals surface area (Å²) in [6, 6.07) is 5.42. The number of likely N-dealkylation sites (tertiary alicyclic amines) is 1. The second-order valence-corrected chi connectivity index (χ2v) is 6.72. The number of aryl methyl sites for hydroxylation is 1. The number of fused-ring (bicyclic) bond motifs is 1. The maximum atomic E-state index is 12.9. The summed E-state index contributed by atoms with van der Waals surface area (Å²) in [5, 5.41) is 9.23. The third-order valence-corrected chi connectivity index (χ3v) is 5.16. The minimum atomic E-state index is -0.842. The van der Waals surface area contributed by atoms with Crippen molar-refractivity contribution in [1.82, 2.24) is 4.90 Å². The van der Waals surface area contributed by atoms with Crippen LogP contribution >= 0.6 is 0 Å². The van der Waals surface area contributed by atoms with E-state index < -0.39 is 11.9 Å². The SMILES string of the molecule is CC1CCC(C(=O)O)CN1C(=O)c1ccc2c(c1)CCC(=O)N2C. The largest absolute Gasteiger partial charge is 0.481 e. The number of benzene rings is 1. The van der Waals surface area contributed by atoms with Gasteiger partial charge in [-0.2, -0.15) is 0 Å². The highest BCUT2D eigenvalue weighted by Gasteiger charge is 2.33. The molecule has 0 aliphatic carbocycles. The summed E-state index contributed by atoms with van der Waals surface area (Å²) < 4.78 is 0. The standard InChI is InChI=1S/C18H22N2O4/c1-11-3-4-14(18(23)24)10-20(11)17(22)13-5-7-15-12(9-13)6-8-16(21)19(15)2/h5,7,9,11,14H,3-4,6,8,10H2,1-2H3,(H,23,24). The summed E-state index contributed by atoms with van der Waals surface area (Å²) >= 11 is 0. The first kappa shape index (κ1) is 16.5. The van der Waals surface area contributed by atoms with Crippen LogP contribution in [-0.4, -0.2) is 47.4 Å². The van der Waals surface area contributed by atoms with E-state index in [0.29, 0.717) is 31.2 Å². The first-order valence-electron chi connectivity index (χ1n) is 8.31. The van der Waals surface area contributed by atoms with E-state index in [1.54, 1.807) is 22.9 Å². The summed E-state index contributed by atoms with van der Waals surface area (Å²) in [6.45, 7) is 2.21. The topological polar surface area (TPSA) is 77.9 Å². The molecule has 0 spiro atoms.